The molecule has 1 rings (SSSR count). The Balaban J connectivity index is 3.61. The van der Waals surface area contributed by atoms with E-state index in [9.17, 15) is 29.8 Å². The molecule has 0 saturated heterocycles. The molecule has 9 nitrogen and oxygen atoms in total. The van der Waals surface area contributed by atoms with Gasteiger partial charge in [0.1, 0.15) is 5.56 Å². The molecule has 0 radical (unpaired) electrons. The minimum Gasteiger partial charge on any atom is -0.475 e. The zero-order valence-electron chi connectivity index (χ0n) is 10.3. The maximum Gasteiger partial charge on any atom is 0.372 e. The number of Topliss-reactive ketones (excluding diaryl/α,β-unsaturated/α-hetero) is 1. The van der Waals surface area contributed by atoms with Crippen LogP contribution in [0.1, 0.15) is 24.8 Å². The Kier molecular flexibility index (Phi) is 4.46. The van der Waals surface area contributed by atoms with E-state index in [1.807, 2.05) is 0 Å². The van der Waals surface area contributed by atoms with E-state index < -0.39 is 44.5 Å². The number of ketones is 1. The number of carbonyl (C=O) groups is 2. The van der Waals surface area contributed by atoms with Crippen LogP contribution in [0.25, 0.3) is 0 Å². The van der Waals surface area contributed by atoms with Crippen molar-refractivity contribution >= 4 is 23.1 Å². The average molecular weight is 282 g/mol. The summed E-state index contributed by atoms with van der Waals surface area (Å²) in [5, 5.41) is 30.6. The molecule has 0 saturated carbocycles. The van der Waals surface area contributed by atoms with E-state index in [1.165, 1.54) is 6.92 Å². The van der Waals surface area contributed by atoms with Gasteiger partial charge in [-0.05, 0) is 12.5 Å². The molecule has 0 aliphatic rings. The quantitative estimate of drug-likeness (QED) is 0.475. The number of carboxylic acid groups (broad SMARTS) is 1. The predicted molar refractivity (Wildman–Crippen MR) is 65.4 cm³/mol. The molecule has 0 aromatic heterocycles. The van der Waals surface area contributed by atoms with E-state index in [0.29, 0.717) is 0 Å². The van der Waals surface area contributed by atoms with Crippen LogP contribution >= 0.6 is 0 Å². The summed E-state index contributed by atoms with van der Waals surface area (Å²) in [6.45, 7) is 1.42. The van der Waals surface area contributed by atoms with Crippen molar-refractivity contribution < 1.29 is 24.5 Å². The van der Waals surface area contributed by atoms with Crippen molar-refractivity contribution in [1.82, 2.24) is 0 Å². The van der Waals surface area contributed by atoms with Gasteiger partial charge in [-0.3, -0.25) is 25.0 Å². The zero-order chi connectivity index (χ0) is 15.4. The molecule has 1 N–H and O–H groups in total. The molecule has 9 heteroatoms. The van der Waals surface area contributed by atoms with Gasteiger partial charge in [-0.15, -0.1) is 0 Å². The third kappa shape index (κ3) is 2.76. The number of rotatable bonds is 6. The molecule has 1 atom stereocenters. The van der Waals surface area contributed by atoms with Crippen LogP contribution in [0.15, 0.2) is 18.2 Å². The van der Waals surface area contributed by atoms with Crippen LogP contribution in [0.4, 0.5) is 11.4 Å². The van der Waals surface area contributed by atoms with Crippen LogP contribution in [0, 0.1) is 20.2 Å². The van der Waals surface area contributed by atoms with E-state index in [1.54, 1.807) is 0 Å². The van der Waals surface area contributed by atoms with Crippen molar-refractivity contribution in [3.8, 4) is 0 Å². The fourth-order valence-electron chi connectivity index (χ4n) is 1.89. The lowest BCUT2D eigenvalue weighted by Gasteiger charge is -2.12. The Morgan fingerprint density at radius 2 is 1.65 bits per heavy atom. The van der Waals surface area contributed by atoms with Crippen LogP contribution < -0.4 is 0 Å². The number of hydrogen-bond donors (Lipinski definition) is 1. The summed E-state index contributed by atoms with van der Waals surface area (Å²) in [4.78, 5) is 42.4. The summed E-state index contributed by atoms with van der Waals surface area (Å²) in [6, 6.07) is 3.11. The number of nitrogens with zero attached hydrogens (tertiary/aromatic N) is 2. The lowest BCUT2D eigenvalue weighted by atomic mass is 9.89. The highest BCUT2D eigenvalue weighted by Gasteiger charge is 2.36. The van der Waals surface area contributed by atoms with Gasteiger partial charge in [0.2, 0.25) is 5.78 Å². The topological polar surface area (TPSA) is 141 Å². The lowest BCUT2D eigenvalue weighted by molar-refractivity contribution is -0.395. The third-order valence-electron chi connectivity index (χ3n) is 2.74. The molecule has 1 aromatic carbocycles. The molecular formula is C11H10N2O7. The zero-order valence-corrected chi connectivity index (χ0v) is 10.3. The number of carboxylic acids is 1. The molecule has 0 amide bonds. The summed E-state index contributed by atoms with van der Waals surface area (Å²) in [5.41, 5.74) is -1.75. The van der Waals surface area contributed by atoms with Crippen LogP contribution in [-0.4, -0.2) is 26.7 Å². The number of nitro groups is 2. The molecule has 0 bridgehead atoms. The van der Waals surface area contributed by atoms with Crippen LogP contribution in [-0.2, 0) is 9.59 Å². The van der Waals surface area contributed by atoms with E-state index >= 15 is 0 Å². The summed E-state index contributed by atoms with van der Waals surface area (Å²) in [7, 11) is 0. The van der Waals surface area contributed by atoms with Gasteiger partial charge in [-0.2, -0.15) is 0 Å². The Morgan fingerprint density at radius 3 is 1.95 bits per heavy atom. The first-order valence-corrected chi connectivity index (χ1v) is 5.50. The normalized spacial score (nSPS) is 11.7. The highest BCUT2D eigenvalue weighted by Crippen LogP contribution is 2.36. The summed E-state index contributed by atoms with van der Waals surface area (Å²) in [5.74, 6) is -4.54. The molecule has 0 aliphatic heterocycles. The van der Waals surface area contributed by atoms with Gasteiger partial charge in [0.15, 0.2) is 0 Å². The number of aliphatic carboxylic acids is 1. The maximum absolute atomic E-state index is 11.6. The monoisotopic (exact) mass is 282 g/mol. The molecular weight excluding hydrogens is 272 g/mol. The molecule has 106 valence electrons. The molecule has 0 fully saturated rings. The molecule has 0 aliphatic carbocycles. The van der Waals surface area contributed by atoms with E-state index in [0.717, 1.165) is 18.2 Å². The summed E-state index contributed by atoms with van der Waals surface area (Å²) < 4.78 is 0. The Morgan fingerprint density at radius 1 is 1.20 bits per heavy atom. The number of nitro benzene ring substituents is 2. The first kappa shape index (κ1) is 15.2. The first-order chi connectivity index (χ1) is 9.31. The largest absolute Gasteiger partial charge is 0.475 e. The van der Waals surface area contributed by atoms with Crippen molar-refractivity contribution in [1.29, 1.82) is 0 Å². The molecule has 0 spiro atoms. The predicted octanol–water partition coefficient (Wildman–Crippen LogP) is 1.65. The van der Waals surface area contributed by atoms with Crippen LogP contribution in [0.5, 0.6) is 0 Å². The lowest BCUT2D eigenvalue weighted by Crippen LogP contribution is -2.22. The Bertz CT molecular complexity index is 564. The van der Waals surface area contributed by atoms with Crippen LogP contribution in [0.3, 0.4) is 0 Å². The molecule has 1 unspecified atom stereocenters. The highest BCUT2D eigenvalue weighted by atomic mass is 16.6. The van der Waals surface area contributed by atoms with Gasteiger partial charge in [0.05, 0.1) is 15.8 Å². The average Bonchev–Trinajstić information content (AvgIpc) is 2.38. The van der Waals surface area contributed by atoms with Crippen molar-refractivity contribution in [3.63, 3.8) is 0 Å². The van der Waals surface area contributed by atoms with Crippen molar-refractivity contribution in [2.45, 2.75) is 19.3 Å². The van der Waals surface area contributed by atoms with Gasteiger partial charge in [-0.1, -0.05) is 6.92 Å². The van der Waals surface area contributed by atoms with Gasteiger partial charge >= 0.3 is 5.97 Å². The van der Waals surface area contributed by atoms with Crippen LogP contribution in [0.2, 0.25) is 0 Å². The van der Waals surface area contributed by atoms with Crippen molar-refractivity contribution in [2.75, 3.05) is 0 Å². The first-order valence-electron chi connectivity index (χ1n) is 5.50. The minimum atomic E-state index is -1.79. The smallest absolute Gasteiger partial charge is 0.372 e. The second kappa shape index (κ2) is 5.87. The fourth-order valence-corrected chi connectivity index (χ4v) is 1.89. The van der Waals surface area contributed by atoms with Gasteiger partial charge < -0.3 is 5.11 Å². The Labute approximate surface area is 112 Å². The second-order valence-electron chi connectivity index (χ2n) is 3.85. The minimum absolute atomic E-state index is 0.100. The second-order valence-corrected chi connectivity index (χ2v) is 3.85. The SMILES string of the molecule is CCC(C(=O)C(=O)O)c1c([N+](=O)[O-])cccc1[N+](=O)[O-]. The standard InChI is InChI=1S/C11H10N2O7/c1-2-6(10(14)11(15)16)9-7(12(17)18)4-3-5-8(9)13(19)20/h3-6H,2H2,1H3,(H,15,16). The fraction of sp³-hybridized carbons (Fsp3) is 0.273. The van der Waals surface area contributed by atoms with Gasteiger partial charge in [0, 0.05) is 12.1 Å². The van der Waals surface area contributed by atoms with E-state index in [4.69, 9.17) is 5.11 Å². The van der Waals surface area contributed by atoms with Crippen molar-refractivity contribution in [2.24, 2.45) is 0 Å². The number of hydrogen-bond acceptors (Lipinski definition) is 6. The maximum atomic E-state index is 11.6. The van der Waals surface area contributed by atoms with E-state index in [2.05, 4.69) is 0 Å². The summed E-state index contributed by atoms with van der Waals surface area (Å²) in [6.07, 6.45) is -0.100. The Hall–Kier alpha value is -2.84. The highest BCUT2D eigenvalue weighted by molar-refractivity contribution is 6.35. The number of benzene rings is 1. The van der Waals surface area contributed by atoms with E-state index in [-0.39, 0.29) is 6.42 Å². The molecule has 20 heavy (non-hydrogen) atoms. The summed E-state index contributed by atoms with van der Waals surface area (Å²) >= 11 is 0. The van der Waals surface area contributed by atoms with Gasteiger partial charge in [0.25, 0.3) is 11.4 Å². The van der Waals surface area contributed by atoms with Crippen molar-refractivity contribution in [3.05, 3.63) is 44.0 Å². The molecule has 1 aromatic rings. The number of carbonyl (C=O) groups excluding carboxylic acids is 1. The molecule has 0 heterocycles. The third-order valence-corrected chi connectivity index (χ3v) is 2.74. The van der Waals surface area contributed by atoms with Gasteiger partial charge in [-0.25, -0.2) is 4.79 Å².